The molecule has 30 heteroatoms. The predicted molar refractivity (Wildman–Crippen MR) is 569 cm³/mol. The summed E-state index contributed by atoms with van der Waals surface area (Å²) < 4.78 is 57.6. The SMILES string of the molecule is CCCCS(=O)(=O)N1CCC(CN2C(=O)C(c3ccccc3)(c3ccccc3)N=C2N)CC1.CCN(CC)CCN1C(=O)C(c2ccccc2)(c2ccccc2)N=C1N.CN1C(=O)C(c2ccccc2)(c2cccc(CS(=O)(=O)c3ccccc3)c2)N=C1N.COc1cccc(CCN2C(=O)C(c3ccccc3)(c3ccccc3)N=C2N)c1.NC1=NC(c2ccccc2)(c2ccccc2)C(=O)N1CCc1ccncc1. The van der Waals surface area contributed by atoms with Crippen LogP contribution in [0.25, 0.3) is 0 Å². The third kappa shape index (κ3) is 22.0. The smallest absolute Gasteiger partial charge is 0.266 e. The standard InChI is InChI=1S/C25H32N4O3S.C24H23N3O2.C23H21N3O3S.C22H20N4O.C21H26N4O/c1-2-3-18-33(31,32)28-16-14-20(15-17-28)19-29-23(30)25(27-24(29)26,21-10-6-4-7-11-21)22-12-8-5-9-13-22;1-29-21-14-8-9-18(17-21)15-16-27-22(28)24(26-23(27)25,19-10-4-2-5-11-19)20-12-6-3-7-13-20;1-26-21(27)23(25-22(26)24,18-10-4-2-5-11-18)19-12-8-9-17(15-19)16-30(28,29)20-13-6-3-7-14-20;23-21-25-22(18-7-3-1-4-8-18,19-9-5-2-6-10-19)20(27)26(21)16-13-17-11-14-24-15-12-17;1-3-24(4-2)15-16-25-19(26)21(23-20(25)22,17-11-7-5-8-12-17)18-13-9-6-10-14-18/h4-13,20H,2-3,14-19H2,1H3,(H2,26,27);2-14,17H,15-16H2,1H3,(H2,25,26);2-15H,16H2,1H3,(H2,24,25);1-12,14-15H,13,16H2,(H2,23,25);5-14H,3-4,15-16H2,1-2H3,(H2,22,23). The summed E-state index contributed by atoms with van der Waals surface area (Å²) in [5.74, 6) is 1.32. The topological polar surface area (TPSA) is 390 Å². The second kappa shape index (κ2) is 46.4. The van der Waals surface area contributed by atoms with E-state index in [0.29, 0.717) is 88.1 Å². The summed E-state index contributed by atoms with van der Waals surface area (Å²) in [6.07, 6.45) is 7.77. The molecule has 744 valence electrons. The average molecular weight is 1980 g/mol. The number of carbonyl (C=O) groups excluding carboxylic acids is 5. The Kier molecular flexibility index (Phi) is 33.1. The lowest BCUT2D eigenvalue weighted by Gasteiger charge is -2.34. The molecule has 6 aliphatic rings. The van der Waals surface area contributed by atoms with Crippen LogP contribution in [-0.2, 0) is 90.1 Å². The molecule has 0 aliphatic carbocycles. The van der Waals surface area contributed by atoms with Gasteiger partial charge in [0.05, 0.1) is 23.5 Å². The van der Waals surface area contributed by atoms with Gasteiger partial charge in [-0.15, -0.1) is 0 Å². The maximum absolute atomic E-state index is 13.9. The van der Waals surface area contributed by atoms with Crippen LogP contribution in [0.2, 0.25) is 0 Å². The molecule has 1 fully saturated rings. The highest BCUT2D eigenvalue weighted by Gasteiger charge is 2.56. The Bertz CT molecular complexity index is 6870. The van der Waals surface area contributed by atoms with Crippen LogP contribution in [0.1, 0.15) is 119 Å². The van der Waals surface area contributed by atoms with Crippen molar-refractivity contribution in [3.05, 3.63) is 449 Å². The van der Waals surface area contributed by atoms with Gasteiger partial charge in [0.2, 0.25) is 10.0 Å². The molecule has 1 saturated heterocycles. The minimum Gasteiger partial charge on any atom is -0.497 e. The van der Waals surface area contributed by atoms with Gasteiger partial charge in [-0.1, -0.05) is 355 Å². The number of carbonyl (C=O) groups is 5. The number of aliphatic imine (C=N–C) groups is 5. The van der Waals surface area contributed by atoms with Gasteiger partial charge in [-0.05, 0) is 160 Å². The summed E-state index contributed by atoms with van der Waals surface area (Å²) in [4.78, 5) is 106. The molecule has 1 atom stereocenters. The lowest BCUT2D eigenvalue weighted by molar-refractivity contribution is -0.131. The first-order chi connectivity index (χ1) is 70.2. The van der Waals surface area contributed by atoms with Crippen molar-refractivity contribution in [3.8, 4) is 5.75 Å². The van der Waals surface area contributed by atoms with Crippen molar-refractivity contribution < 1.29 is 45.5 Å². The fourth-order valence-corrected chi connectivity index (χ4v) is 22.2. The van der Waals surface area contributed by atoms with Crippen LogP contribution >= 0.6 is 0 Å². The number of rotatable bonds is 31. The molecule has 6 aliphatic heterocycles. The zero-order chi connectivity index (χ0) is 102. The molecule has 0 bridgehead atoms. The molecule has 145 heavy (non-hydrogen) atoms. The van der Waals surface area contributed by atoms with Gasteiger partial charge in [0.25, 0.3) is 29.5 Å². The van der Waals surface area contributed by atoms with Crippen LogP contribution in [0.15, 0.2) is 406 Å². The molecular formula is C115H122N18O10S2. The molecule has 7 heterocycles. The number of amides is 5. The van der Waals surface area contributed by atoms with E-state index in [4.69, 9.17) is 53.4 Å². The van der Waals surface area contributed by atoms with Crippen molar-refractivity contribution in [2.24, 2.45) is 59.5 Å². The van der Waals surface area contributed by atoms with E-state index < -0.39 is 47.6 Å². The molecule has 10 N–H and O–H groups in total. The number of hydrogen-bond donors (Lipinski definition) is 5. The van der Waals surface area contributed by atoms with Crippen molar-refractivity contribution in [2.75, 3.05) is 78.8 Å². The van der Waals surface area contributed by atoms with Crippen molar-refractivity contribution in [1.82, 2.24) is 38.7 Å². The maximum Gasteiger partial charge on any atom is 0.266 e. The lowest BCUT2D eigenvalue weighted by Crippen LogP contribution is -2.48. The van der Waals surface area contributed by atoms with E-state index in [-0.39, 0.29) is 81.7 Å². The van der Waals surface area contributed by atoms with Gasteiger partial charge in [-0.25, -0.2) is 46.1 Å². The maximum atomic E-state index is 13.9. The molecule has 19 rings (SSSR count). The van der Waals surface area contributed by atoms with Crippen LogP contribution < -0.4 is 33.4 Å². The Labute approximate surface area is 848 Å². The number of sulfone groups is 1. The minimum absolute atomic E-state index is 0.0837. The highest BCUT2D eigenvalue weighted by atomic mass is 32.2. The Morgan fingerprint density at radius 1 is 0.359 bits per heavy atom. The number of guanidine groups is 5. The molecule has 0 spiro atoms. The molecule has 1 unspecified atom stereocenters. The fraction of sp³-hybridized carbons (Fsp3) is 0.243. The number of sulfonamides is 1. The van der Waals surface area contributed by atoms with Gasteiger partial charge in [-0.3, -0.25) is 53.5 Å². The lowest BCUT2D eigenvalue weighted by atomic mass is 9.82. The second-order valence-corrected chi connectivity index (χ2v) is 39.9. The molecule has 12 aromatic carbocycles. The summed E-state index contributed by atoms with van der Waals surface area (Å²) in [5.41, 5.74) is 35.6. The number of ether oxygens (including phenoxy) is 1. The van der Waals surface area contributed by atoms with Crippen LogP contribution in [0.5, 0.6) is 5.75 Å². The molecule has 0 saturated carbocycles. The number of methoxy groups -OCH3 is 1. The van der Waals surface area contributed by atoms with Crippen molar-refractivity contribution in [2.45, 2.75) is 97.6 Å². The molecular weight excluding hydrogens is 1860 g/mol. The molecule has 13 aromatic rings. The zero-order valence-corrected chi connectivity index (χ0v) is 83.6. The van der Waals surface area contributed by atoms with Crippen molar-refractivity contribution >= 4 is 79.2 Å². The van der Waals surface area contributed by atoms with Crippen LogP contribution in [0.3, 0.4) is 0 Å². The molecule has 0 radical (unpaired) electrons. The number of nitrogens with zero attached hydrogens (tertiary/aromatic N) is 13. The third-order valence-corrected chi connectivity index (χ3v) is 30.7. The molecule has 5 amide bonds. The van der Waals surface area contributed by atoms with Gasteiger partial charge in [-0.2, -0.15) is 0 Å². The van der Waals surface area contributed by atoms with Gasteiger partial charge < -0.3 is 38.3 Å². The molecule has 1 aromatic heterocycles. The number of likely N-dealkylation sites (N-methyl/N-ethyl adjacent to an activating group) is 2. The van der Waals surface area contributed by atoms with Crippen LogP contribution in [0.4, 0.5) is 0 Å². The summed E-state index contributed by atoms with van der Waals surface area (Å²) in [7, 11) is -3.51. The van der Waals surface area contributed by atoms with Crippen LogP contribution in [-0.4, -0.2) is 194 Å². The highest BCUT2D eigenvalue weighted by Crippen LogP contribution is 2.46. The number of aromatic nitrogens is 1. The van der Waals surface area contributed by atoms with E-state index in [1.54, 1.807) is 105 Å². The number of nitrogens with two attached hydrogens (primary N) is 5. The van der Waals surface area contributed by atoms with Gasteiger partial charge in [0, 0.05) is 65.3 Å². The van der Waals surface area contributed by atoms with E-state index in [0.717, 1.165) is 87.4 Å². The van der Waals surface area contributed by atoms with E-state index in [2.05, 4.69) is 28.7 Å². The summed E-state index contributed by atoms with van der Waals surface area (Å²) >= 11 is 0. The van der Waals surface area contributed by atoms with Crippen LogP contribution in [0, 0.1) is 5.92 Å². The monoisotopic (exact) mass is 1980 g/mol. The van der Waals surface area contributed by atoms with E-state index >= 15 is 0 Å². The second-order valence-electron chi connectivity index (χ2n) is 35.9. The van der Waals surface area contributed by atoms with E-state index in [9.17, 15) is 40.8 Å². The highest BCUT2D eigenvalue weighted by molar-refractivity contribution is 7.90. The predicted octanol–water partition coefficient (Wildman–Crippen LogP) is 14.1. The van der Waals surface area contributed by atoms with E-state index in [1.165, 1.54) is 4.90 Å². The summed E-state index contributed by atoms with van der Waals surface area (Å²) in [6.45, 7) is 11.8. The summed E-state index contributed by atoms with van der Waals surface area (Å²) in [6, 6.07) is 113. The number of unbranched alkanes of at least 4 members (excludes halogenated alkanes) is 1. The minimum atomic E-state index is -3.53. The van der Waals surface area contributed by atoms with Crippen molar-refractivity contribution in [1.29, 1.82) is 0 Å². The first kappa shape index (κ1) is 103. The first-order valence-corrected chi connectivity index (χ1v) is 51.9. The number of pyridine rings is 1. The quantitative estimate of drug-likeness (QED) is 0.0269. The Morgan fingerprint density at radius 3 is 1.03 bits per heavy atom. The van der Waals surface area contributed by atoms with Gasteiger partial charge >= 0.3 is 0 Å². The number of hydrogen-bond acceptors (Lipinski definition) is 22. The number of benzene rings is 12. The Hall–Kier alpha value is -15.9. The van der Waals surface area contributed by atoms with Crippen molar-refractivity contribution in [3.63, 3.8) is 0 Å². The third-order valence-electron chi connectivity index (χ3n) is 27.1. The largest absolute Gasteiger partial charge is 0.497 e. The average Bonchev–Trinajstić information content (AvgIpc) is 1.53. The first-order valence-electron chi connectivity index (χ1n) is 48.6. The Balaban J connectivity index is 0.000000137. The molecule has 28 nitrogen and oxygen atoms in total. The Morgan fingerprint density at radius 2 is 0.676 bits per heavy atom. The number of piperidine rings is 1. The van der Waals surface area contributed by atoms with E-state index in [1.807, 2.05) is 316 Å². The van der Waals surface area contributed by atoms with Gasteiger partial charge in [0.15, 0.2) is 67.3 Å². The summed E-state index contributed by atoms with van der Waals surface area (Å²) in [5, 5.41) is 0. The van der Waals surface area contributed by atoms with Gasteiger partial charge in [0.1, 0.15) is 5.75 Å². The zero-order valence-electron chi connectivity index (χ0n) is 82.0. The normalized spacial score (nSPS) is 17.3. The fourth-order valence-electron chi connectivity index (χ4n) is 19.2.